The van der Waals surface area contributed by atoms with Gasteiger partial charge in [-0.15, -0.1) is 5.10 Å². The lowest BCUT2D eigenvalue weighted by Gasteiger charge is -2.53. The minimum absolute atomic E-state index is 0.0128. The van der Waals surface area contributed by atoms with E-state index in [1.54, 1.807) is 17.8 Å². The lowest BCUT2D eigenvalue weighted by atomic mass is 9.51. The molecule has 21 nitrogen and oxygen atoms in total. The number of nitrogens with one attached hydrogen (secondary N) is 6. The second-order valence-corrected chi connectivity index (χ2v) is 20.9. The molecule has 2 saturated heterocycles. The molecule has 4 heterocycles. The van der Waals surface area contributed by atoms with Gasteiger partial charge < -0.3 is 58.5 Å². The highest BCUT2D eigenvalue weighted by molar-refractivity contribution is 5.98. The van der Waals surface area contributed by atoms with E-state index in [1.807, 2.05) is 37.4 Å². The summed E-state index contributed by atoms with van der Waals surface area (Å²) in [5, 5.41) is 24.3. The molecule has 70 heavy (non-hydrogen) atoms. The summed E-state index contributed by atoms with van der Waals surface area (Å²) >= 11 is 0. The highest BCUT2D eigenvalue weighted by Crippen LogP contribution is 2.59. The number of amides is 7. The van der Waals surface area contributed by atoms with Crippen LogP contribution in [0.4, 0.5) is 0 Å². The largest absolute Gasteiger partial charge is 0.370 e. The number of benzene rings is 1. The van der Waals surface area contributed by atoms with Crippen molar-refractivity contribution in [3.63, 3.8) is 0 Å². The Bertz CT molecular complexity index is 2430. The summed E-state index contributed by atoms with van der Waals surface area (Å²) in [7, 11) is 0. The number of aromatic nitrogens is 4. The van der Waals surface area contributed by atoms with Gasteiger partial charge in [-0.05, 0) is 92.6 Å². The Morgan fingerprint density at radius 1 is 0.943 bits per heavy atom. The molecule has 1 aromatic carbocycles. The molecular weight excluding hydrogens is 899 g/mol. The maximum Gasteiger partial charge on any atom is 0.246 e. The third-order valence-corrected chi connectivity index (χ3v) is 15.9. The average Bonchev–Trinajstić information content (AvgIpc) is 4.09. The molecule has 6 fully saturated rings. The fourth-order valence-electron chi connectivity index (χ4n) is 12.3. The van der Waals surface area contributed by atoms with Crippen molar-refractivity contribution in [3.05, 3.63) is 47.9 Å². The van der Waals surface area contributed by atoms with Crippen molar-refractivity contribution in [1.29, 1.82) is 0 Å². The van der Waals surface area contributed by atoms with Crippen LogP contribution in [0.3, 0.4) is 0 Å². The first-order valence-electron chi connectivity index (χ1n) is 25.0. The van der Waals surface area contributed by atoms with E-state index in [2.05, 4.69) is 36.8 Å². The first-order valence-corrected chi connectivity index (χ1v) is 25.0. The topological polar surface area (TPSA) is 325 Å². The number of rotatable bonds is 10. The molecule has 0 spiro atoms. The van der Waals surface area contributed by atoms with Crippen molar-refractivity contribution in [2.45, 2.75) is 145 Å². The molecule has 21 heteroatoms. The van der Waals surface area contributed by atoms with Gasteiger partial charge in [0.2, 0.25) is 41.4 Å². The molecule has 0 radical (unpaired) electrons. The molecule has 4 saturated carbocycles. The van der Waals surface area contributed by atoms with E-state index in [9.17, 15) is 28.8 Å². The molecule has 7 amide bonds. The molecule has 3 aromatic rings. The van der Waals surface area contributed by atoms with Gasteiger partial charge in [0, 0.05) is 61.7 Å². The summed E-state index contributed by atoms with van der Waals surface area (Å²) in [4.78, 5) is 114. The van der Waals surface area contributed by atoms with Crippen molar-refractivity contribution < 1.29 is 38.4 Å². The molecule has 2 aromatic heterocycles. The van der Waals surface area contributed by atoms with Gasteiger partial charge in [-0.1, -0.05) is 43.7 Å². The quantitative estimate of drug-likeness (QED) is 0.122. The Hall–Kier alpha value is -6.22. The monoisotopic (exact) mass is 968 g/mol. The lowest BCUT2D eigenvalue weighted by Crippen LogP contribution is -2.64. The Balaban J connectivity index is 1.15. The van der Waals surface area contributed by atoms with Gasteiger partial charge in [0.15, 0.2) is 0 Å². The SMILES string of the molecule is CCC(C)[C@@H]1NC(=O)[C@H](CC(N)=O)NC(=O)[C@@H](N)CC(=O)NCCCC[C@@H](C(N)=O)NC[C@](C=O)(Cc2c[nH]c3ccccc23)NC(=O)[C@@H]2C[C@H](n3cc(C4C5CC6CC(C5)CC4C6)nn3)CN2C1=O. The average molecular weight is 968 g/mol. The number of primary amides is 2. The zero-order valence-electron chi connectivity index (χ0n) is 40.1. The van der Waals surface area contributed by atoms with E-state index >= 15 is 9.59 Å². The van der Waals surface area contributed by atoms with Crippen LogP contribution in [0.5, 0.6) is 0 Å². The number of hydrogen-bond acceptors (Lipinski definition) is 12. The Kier molecular flexibility index (Phi) is 15.4. The molecule has 9 rings (SSSR count). The Labute approximate surface area is 406 Å². The zero-order valence-corrected chi connectivity index (χ0v) is 40.1. The standard InChI is InChI=1S/C49H69N13O8/c1-3-26(2)43-48(70)61-22-32(62-23-38(59-60-62)42-29-13-27-12-28(15-29)16-30(42)14-27)17-39(61)47(69)58-49(25-63,20-31-21-54-35-9-5-4-8-33(31)35)24-55-36(44(52)66)10-6-7-11-53-41(65)18-34(50)45(67)56-37(19-40(51)64)46(68)57-43/h4-5,8-9,21,23,25-30,32,34,36-37,39,42-43,54-55H,3,6-7,10-20,22,24,50H2,1-2H3,(H2,51,64)(H2,52,66)(H,53,65)(H,56,67)(H,57,68)(H,58,69)/t26?,27?,28?,29?,30?,32-,34-,36-,37-,39-,42?,43-,49-/m0/s1. The molecule has 2 aliphatic heterocycles. The number of H-pyrrole nitrogens is 1. The second-order valence-electron chi connectivity index (χ2n) is 20.9. The highest BCUT2D eigenvalue weighted by Gasteiger charge is 2.51. The number of carbonyl (C=O) groups excluding carboxylic acids is 8. The van der Waals surface area contributed by atoms with E-state index in [0.29, 0.717) is 42.9 Å². The van der Waals surface area contributed by atoms with Gasteiger partial charge in [-0.25, -0.2) is 4.68 Å². The van der Waals surface area contributed by atoms with Crippen LogP contribution >= 0.6 is 0 Å². The van der Waals surface area contributed by atoms with Gasteiger partial charge in [-0.3, -0.25) is 33.6 Å². The summed E-state index contributed by atoms with van der Waals surface area (Å²) in [5.41, 5.74) is 18.3. The van der Waals surface area contributed by atoms with Crippen LogP contribution in [-0.4, -0.2) is 128 Å². The number of nitrogens with two attached hydrogens (primary N) is 3. The van der Waals surface area contributed by atoms with Gasteiger partial charge in [0.1, 0.15) is 30.0 Å². The van der Waals surface area contributed by atoms with Gasteiger partial charge >= 0.3 is 0 Å². The third kappa shape index (κ3) is 11.0. The Morgan fingerprint density at radius 3 is 2.36 bits per heavy atom. The molecule has 4 aliphatic carbocycles. The lowest BCUT2D eigenvalue weighted by molar-refractivity contribution is -0.144. The first-order chi connectivity index (χ1) is 33.5. The number of carbonyl (C=O) groups is 8. The van der Waals surface area contributed by atoms with Gasteiger partial charge in [0.05, 0.1) is 36.7 Å². The minimum atomic E-state index is -1.69. The van der Waals surface area contributed by atoms with Crippen LogP contribution in [-0.2, 0) is 44.8 Å². The highest BCUT2D eigenvalue weighted by atomic mass is 16.2. The molecule has 12 N–H and O–H groups in total. The van der Waals surface area contributed by atoms with E-state index in [-0.39, 0.29) is 44.8 Å². The predicted molar refractivity (Wildman–Crippen MR) is 255 cm³/mol. The third-order valence-electron chi connectivity index (χ3n) is 15.9. The van der Waals surface area contributed by atoms with E-state index in [0.717, 1.165) is 28.4 Å². The van der Waals surface area contributed by atoms with E-state index < -0.39 is 102 Å². The molecule has 1 unspecified atom stereocenters. The molecule has 378 valence electrons. The van der Waals surface area contributed by atoms with E-state index in [1.165, 1.54) is 37.0 Å². The van der Waals surface area contributed by atoms with Crippen molar-refractivity contribution in [2.75, 3.05) is 19.6 Å². The number of nitrogens with zero attached hydrogens (tertiary/aromatic N) is 4. The van der Waals surface area contributed by atoms with Crippen LogP contribution in [0.1, 0.15) is 114 Å². The zero-order chi connectivity index (χ0) is 49.9. The maximum atomic E-state index is 15.2. The van der Waals surface area contributed by atoms with Crippen molar-refractivity contribution >= 4 is 58.5 Å². The smallest absolute Gasteiger partial charge is 0.246 e. The number of para-hydroxylation sites is 1. The molecule has 4 bridgehead atoms. The van der Waals surface area contributed by atoms with Crippen LogP contribution < -0.4 is 43.8 Å². The van der Waals surface area contributed by atoms with Crippen molar-refractivity contribution in [2.24, 2.45) is 46.8 Å². The van der Waals surface area contributed by atoms with Crippen molar-refractivity contribution in [1.82, 2.24) is 51.5 Å². The summed E-state index contributed by atoms with van der Waals surface area (Å²) in [6.07, 6.45) is 10.8. The second kappa shape index (κ2) is 21.4. The van der Waals surface area contributed by atoms with Crippen molar-refractivity contribution in [3.8, 4) is 0 Å². The molecule has 6 aliphatic rings. The molecular formula is C49H69N13O8. The van der Waals surface area contributed by atoms with Crippen LogP contribution in [0.2, 0.25) is 0 Å². The minimum Gasteiger partial charge on any atom is -0.370 e. The van der Waals surface area contributed by atoms with Gasteiger partial charge in [0.25, 0.3) is 0 Å². The fourth-order valence-corrected chi connectivity index (χ4v) is 12.3. The fraction of sp³-hybridized carbons (Fsp3) is 0.633. The number of aldehydes is 1. The summed E-state index contributed by atoms with van der Waals surface area (Å²) in [5.74, 6) is -2.91. The first kappa shape index (κ1) is 50.2. The summed E-state index contributed by atoms with van der Waals surface area (Å²) in [6.45, 7) is 3.51. The number of aromatic amines is 1. The Morgan fingerprint density at radius 2 is 1.67 bits per heavy atom. The summed E-state index contributed by atoms with van der Waals surface area (Å²) < 4.78 is 1.74. The van der Waals surface area contributed by atoms with Gasteiger partial charge in [-0.2, -0.15) is 0 Å². The van der Waals surface area contributed by atoms with Crippen LogP contribution in [0.15, 0.2) is 36.7 Å². The summed E-state index contributed by atoms with van der Waals surface area (Å²) in [6, 6.07) is 0.586. The number of fused-ring (bicyclic) bond motifs is 2. The number of hydrogen-bond donors (Lipinski definition) is 9. The van der Waals surface area contributed by atoms with Crippen LogP contribution in [0.25, 0.3) is 10.9 Å². The maximum absolute atomic E-state index is 15.2. The normalized spacial score (nSPS) is 33.2. The van der Waals surface area contributed by atoms with E-state index in [4.69, 9.17) is 22.3 Å². The predicted octanol–water partition coefficient (Wildman–Crippen LogP) is 0.0898. The van der Waals surface area contributed by atoms with Crippen LogP contribution in [0, 0.1) is 29.6 Å². The molecule has 8 atom stereocenters.